The van der Waals surface area contributed by atoms with Crippen LogP contribution in [0.15, 0.2) is 84.8 Å². The fourth-order valence-corrected chi connectivity index (χ4v) is 12.6. The van der Waals surface area contributed by atoms with Crippen molar-refractivity contribution in [2.75, 3.05) is 6.54 Å². The summed E-state index contributed by atoms with van der Waals surface area (Å²) in [6, 6.07) is 23.5. The summed E-state index contributed by atoms with van der Waals surface area (Å²) in [6.07, 6.45) is 5.51. The lowest BCUT2D eigenvalue weighted by atomic mass is 10.1. The van der Waals surface area contributed by atoms with Gasteiger partial charge in [-0.05, 0) is 32.2 Å². The van der Waals surface area contributed by atoms with Gasteiger partial charge in [-0.2, -0.15) is 0 Å². The molecule has 0 aromatic heterocycles. The van der Waals surface area contributed by atoms with Crippen LogP contribution in [-0.2, 0) is 18.6 Å². The summed E-state index contributed by atoms with van der Waals surface area (Å²) in [7, 11) is -3.23. The second kappa shape index (κ2) is 11.5. The molecule has 1 N–H and O–H groups in total. The Hall–Kier alpha value is -2.32. The number of carbonyl (C=O) groups excluding carboxylic acids is 1. The summed E-state index contributed by atoms with van der Waals surface area (Å²) in [5.74, 6) is 0.430. The van der Waals surface area contributed by atoms with E-state index >= 15 is 0 Å². The first-order valence-electron chi connectivity index (χ1n) is 14.5. The number of ether oxygens (including phenoxy) is 1. The van der Waals surface area contributed by atoms with Gasteiger partial charge in [-0.1, -0.05) is 91.1 Å². The first kappa shape index (κ1) is 27.8. The Labute approximate surface area is 240 Å². The SMILES string of the molecule is C=C1NC(=O)C(C)=CN1[C@H]1CC(O[P@@]2O[C@H](C[Si](C)(c3ccccc3)c3ccccc3)[C@@H]3CCCN32)[C@@H](CC)O1. The highest BCUT2D eigenvalue weighted by atomic mass is 31.2. The summed E-state index contributed by atoms with van der Waals surface area (Å²) in [5, 5.41) is 5.73. The molecule has 2 aromatic carbocycles. The zero-order valence-electron chi connectivity index (χ0n) is 23.7. The molecule has 0 bridgehead atoms. The van der Waals surface area contributed by atoms with Gasteiger partial charge in [-0.3, -0.25) is 4.79 Å². The van der Waals surface area contributed by atoms with Crippen LogP contribution in [0.3, 0.4) is 0 Å². The fourth-order valence-electron chi connectivity index (χ4n) is 6.64. The summed E-state index contributed by atoms with van der Waals surface area (Å²) in [4.78, 5) is 14.0. The monoisotopic (exact) mass is 577 g/mol. The van der Waals surface area contributed by atoms with Gasteiger partial charge in [-0.15, -0.1) is 0 Å². The Kier molecular flexibility index (Phi) is 8.01. The molecule has 4 aliphatic heterocycles. The van der Waals surface area contributed by atoms with E-state index < -0.39 is 16.6 Å². The molecule has 6 rings (SSSR count). The number of amides is 1. The predicted molar refractivity (Wildman–Crippen MR) is 161 cm³/mol. The summed E-state index contributed by atoms with van der Waals surface area (Å²) in [6.45, 7) is 11.5. The predicted octanol–water partition coefficient (Wildman–Crippen LogP) is 4.69. The maximum atomic E-state index is 12.0. The van der Waals surface area contributed by atoms with Crippen LogP contribution in [0.4, 0.5) is 0 Å². The molecule has 9 heteroatoms. The van der Waals surface area contributed by atoms with Gasteiger partial charge in [0.25, 0.3) is 14.4 Å². The molecule has 4 aliphatic rings. The minimum Gasteiger partial charge on any atom is -0.352 e. The maximum Gasteiger partial charge on any atom is 0.259 e. The molecule has 0 aliphatic carbocycles. The maximum absolute atomic E-state index is 12.0. The molecular formula is C31H40N3O4PSi. The Bertz CT molecular complexity index is 1220. The van der Waals surface area contributed by atoms with E-state index in [1.807, 2.05) is 11.1 Å². The molecule has 0 radical (unpaired) electrons. The lowest BCUT2D eigenvalue weighted by molar-refractivity contribution is -0.118. The topological polar surface area (TPSA) is 63.3 Å². The Balaban J connectivity index is 1.20. The number of nitrogens with zero attached hydrogens (tertiary/aromatic N) is 2. The van der Waals surface area contributed by atoms with E-state index in [2.05, 4.69) is 90.7 Å². The van der Waals surface area contributed by atoms with E-state index in [1.54, 1.807) is 6.92 Å². The molecule has 1 unspecified atom stereocenters. The van der Waals surface area contributed by atoms with Crippen LogP contribution in [0.5, 0.6) is 0 Å². The van der Waals surface area contributed by atoms with Crippen molar-refractivity contribution in [1.82, 2.24) is 14.9 Å². The zero-order valence-corrected chi connectivity index (χ0v) is 25.6. The van der Waals surface area contributed by atoms with Crippen molar-refractivity contribution in [3.8, 4) is 0 Å². The van der Waals surface area contributed by atoms with E-state index in [0.29, 0.717) is 23.9 Å². The fraction of sp³-hybridized carbons (Fsp3) is 0.452. The molecular weight excluding hydrogens is 537 g/mol. The average molecular weight is 578 g/mol. The first-order valence-corrected chi connectivity index (χ1v) is 18.3. The van der Waals surface area contributed by atoms with Crippen LogP contribution >= 0.6 is 8.53 Å². The number of hydrogen-bond acceptors (Lipinski definition) is 6. The number of rotatable bonds is 8. The second-order valence-electron chi connectivity index (χ2n) is 11.6. The molecule has 0 saturated carbocycles. The quantitative estimate of drug-likeness (QED) is 0.363. The Morgan fingerprint density at radius 3 is 2.42 bits per heavy atom. The average Bonchev–Trinajstić information content (AvgIpc) is 3.69. The molecule has 3 fully saturated rings. The third-order valence-electron chi connectivity index (χ3n) is 8.94. The first-order chi connectivity index (χ1) is 19.4. The van der Waals surface area contributed by atoms with E-state index in [4.69, 9.17) is 13.8 Å². The number of hydrogen-bond donors (Lipinski definition) is 1. The number of carbonyl (C=O) groups is 1. The van der Waals surface area contributed by atoms with E-state index in [9.17, 15) is 4.79 Å². The van der Waals surface area contributed by atoms with Gasteiger partial charge >= 0.3 is 0 Å². The summed E-state index contributed by atoms with van der Waals surface area (Å²) >= 11 is 0. The van der Waals surface area contributed by atoms with Crippen molar-refractivity contribution in [2.45, 2.75) is 82.7 Å². The minimum atomic E-state index is -2.05. The highest BCUT2D eigenvalue weighted by Gasteiger charge is 2.52. The molecule has 6 atom stereocenters. The highest BCUT2D eigenvalue weighted by molar-refractivity contribution is 7.45. The summed E-state index contributed by atoms with van der Waals surface area (Å²) in [5.41, 5.74) is 0.642. The Morgan fingerprint density at radius 1 is 1.10 bits per heavy atom. The molecule has 7 nitrogen and oxygen atoms in total. The van der Waals surface area contributed by atoms with Gasteiger partial charge in [0.1, 0.15) is 20.1 Å². The van der Waals surface area contributed by atoms with Gasteiger partial charge in [0.05, 0.1) is 18.3 Å². The van der Waals surface area contributed by atoms with Gasteiger partial charge < -0.3 is 24.0 Å². The van der Waals surface area contributed by atoms with Crippen LogP contribution in [-0.4, -0.2) is 60.7 Å². The van der Waals surface area contributed by atoms with E-state index in [0.717, 1.165) is 25.4 Å². The van der Waals surface area contributed by atoms with Crippen molar-refractivity contribution in [2.24, 2.45) is 0 Å². The zero-order chi connectivity index (χ0) is 27.9. The molecule has 0 spiro atoms. The van der Waals surface area contributed by atoms with E-state index in [1.165, 1.54) is 16.8 Å². The minimum absolute atomic E-state index is 0.0383. The van der Waals surface area contributed by atoms with E-state index in [-0.39, 0.29) is 30.4 Å². The molecule has 212 valence electrons. The largest absolute Gasteiger partial charge is 0.352 e. The van der Waals surface area contributed by atoms with Crippen molar-refractivity contribution in [3.05, 3.63) is 84.8 Å². The number of benzene rings is 2. The highest BCUT2D eigenvalue weighted by Crippen LogP contribution is 2.58. The van der Waals surface area contributed by atoms with Gasteiger partial charge in [0.15, 0.2) is 0 Å². The number of fused-ring (bicyclic) bond motifs is 1. The molecule has 40 heavy (non-hydrogen) atoms. The van der Waals surface area contributed by atoms with Gasteiger partial charge in [-0.25, -0.2) is 4.67 Å². The summed E-state index contributed by atoms with van der Waals surface area (Å²) < 4.78 is 22.7. The molecule has 3 saturated heterocycles. The van der Waals surface area contributed by atoms with Crippen molar-refractivity contribution in [3.63, 3.8) is 0 Å². The van der Waals surface area contributed by atoms with Crippen LogP contribution in [0.1, 0.15) is 39.5 Å². The van der Waals surface area contributed by atoms with Gasteiger partial charge in [0.2, 0.25) is 0 Å². The van der Waals surface area contributed by atoms with Crippen LogP contribution < -0.4 is 15.7 Å². The standard InChI is InChI=1S/C31H40N3O4PSi/c1-5-27-28(19-30(36-27)33-20-22(2)31(35)32-23(33)3)37-39-34-18-12-17-26(34)29(38-39)21-40(4,24-13-8-6-9-14-24)25-15-10-7-11-16-25/h6-11,13-16,20,26-30H,3,5,12,17-19,21H2,1-2,4H3,(H,32,35)/t26-,27+,28?,29+,30+,39-/m0/s1. The Morgan fingerprint density at radius 2 is 1.77 bits per heavy atom. The van der Waals surface area contributed by atoms with Crippen molar-refractivity contribution in [1.29, 1.82) is 0 Å². The third-order valence-corrected chi connectivity index (χ3v) is 15.2. The molecule has 4 heterocycles. The lowest BCUT2D eigenvalue weighted by Gasteiger charge is -2.32. The van der Waals surface area contributed by atoms with Gasteiger partial charge in [0, 0.05) is 30.8 Å². The molecule has 2 aromatic rings. The van der Waals surface area contributed by atoms with Crippen LogP contribution in [0.2, 0.25) is 12.6 Å². The molecule has 1 amide bonds. The lowest BCUT2D eigenvalue weighted by Crippen LogP contribution is -2.58. The normalized spacial score (nSPS) is 30.9. The second-order valence-corrected chi connectivity index (χ2v) is 17.2. The van der Waals surface area contributed by atoms with Crippen LogP contribution in [0.25, 0.3) is 0 Å². The van der Waals surface area contributed by atoms with Crippen molar-refractivity contribution < 1.29 is 18.6 Å². The van der Waals surface area contributed by atoms with Crippen molar-refractivity contribution >= 4 is 32.9 Å². The van der Waals surface area contributed by atoms with Crippen LogP contribution in [0, 0.1) is 0 Å². The smallest absolute Gasteiger partial charge is 0.259 e. The third kappa shape index (κ3) is 5.22. The number of nitrogens with one attached hydrogen (secondary N) is 1.